The van der Waals surface area contributed by atoms with Crippen LogP contribution in [0.2, 0.25) is 0 Å². The lowest BCUT2D eigenvalue weighted by atomic mass is 9.57. The molecule has 3 aliphatic rings. The third-order valence-corrected chi connectivity index (χ3v) is 8.07. The van der Waals surface area contributed by atoms with Crippen LogP contribution >= 0.6 is 0 Å². The number of Topliss-reactive ketones (excluding diaryl/α,β-unsaturated/α-hetero) is 2. The van der Waals surface area contributed by atoms with Crippen LogP contribution in [0.5, 0.6) is 5.75 Å². The van der Waals surface area contributed by atoms with E-state index in [-0.39, 0.29) is 47.3 Å². The molecule has 1 fully saturated rings. The maximum absolute atomic E-state index is 14.0. The predicted molar refractivity (Wildman–Crippen MR) is 154 cm³/mol. The Morgan fingerprint density at radius 3 is 2.34 bits per heavy atom. The third-order valence-electron chi connectivity index (χ3n) is 8.07. The van der Waals surface area contributed by atoms with E-state index >= 15 is 0 Å². The minimum atomic E-state index is -2.70. The molecule has 1 aromatic rings. The molecule has 13 nitrogen and oxygen atoms in total. The average Bonchev–Trinajstić information content (AvgIpc) is 2.85. The van der Waals surface area contributed by atoms with Gasteiger partial charge in [0.15, 0.2) is 17.3 Å². The van der Waals surface area contributed by atoms with Crippen LogP contribution in [-0.4, -0.2) is 95.1 Å². The van der Waals surface area contributed by atoms with Gasteiger partial charge in [0.2, 0.25) is 5.78 Å². The Balaban J connectivity index is 1.93. The second-order valence-electron chi connectivity index (χ2n) is 11.7. The molecule has 4 unspecified atom stereocenters. The van der Waals surface area contributed by atoms with Gasteiger partial charge in [-0.05, 0) is 50.4 Å². The fraction of sp³-hybridized carbons (Fsp3) is 0.500. The van der Waals surface area contributed by atoms with Gasteiger partial charge in [-0.1, -0.05) is 13.8 Å². The highest BCUT2D eigenvalue weighted by Crippen LogP contribution is 2.54. The van der Waals surface area contributed by atoms with Crippen LogP contribution < -0.4 is 21.7 Å². The van der Waals surface area contributed by atoms with Gasteiger partial charge in [0.1, 0.15) is 22.8 Å². The van der Waals surface area contributed by atoms with Crippen LogP contribution in [0, 0.1) is 17.8 Å². The number of guanidine groups is 1. The lowest BCUT2D eigenvalue weighted by Gasteiger charge is -2.50. The lowest BCUT2D eigenvalue weighted by Crippen LogP contribution is -2.65. The standard InChI is InChI=1S/C28H38N6O7/c1-11(2)10-31-27(30)32-15-9-16(33(3)4)13-7-12-8-14-20(34(5)6)23(37)19(26(29)40)25(39)28(14,41)24(38)17(12)22(36)18(13)21(15)35/h9,11-12,14,20,35-36,39,41H,7-8,10H2,1-6H3,(H2,29,40)(H3,30,31,32). The minimum absolute atomic E-state index is 0.00814. The van der Waals surface area contributed by atoms with Crippen LogP contribution in [0.4, 0.5) is 11.4 Å². The molecule has 0 aliphatic heterocycles. The number of amides is 1. The molecule has 3 aliphatic carbocycles. The Hall–Kier alpha value is -4.10. The molecule has 0 radical (unpaired) electrons. The van der Waals surface area contributed by atoms with Gasteiger partial charge in [-0.2, -0.15) is 0 Å². The summed E-state index contributed by atoms with van der Waals surface area (Å²) in [4.78, 5) is 46.9. The van der Waals surface area contributed by atoms with Crippen LogP contribution in [0.3, 0.4) is 0 Å². The maximum Gasteiger partial charge on any atom is 0.255 e. The quantitative estimate of drug-likeness (QED) is 0.108. The first-order chi connectivity index (χ1) is 19.0. The van der Waals surface area contributed by atoms with Crippen molar-refractivity contribution in [3.05, 3.63) is 34.1 Å². The number of rotatable bonds is 6. The molecule has 13 heteroatoms. The molecule has 0 heterocycles. The van der Waals surface area contributed by atoms with Crippen molar-refractivity contribution < 1.29 is 34.8 Å². The van der Waals surface area contributed by atoms with Gasteiger partial charge in [-0.25, -0.2) is 0 Å². The number of nitrogens with two attached hydrogens (primary N) is 2. The summed E-state index contributed by atoms with van der Waals surface area (Å²) in [5.41, 5.74) is 8.89. The first-order valence-corrected chi connectivity index (χ1v) is 13.3. The average molecular weight is 571 g/mol. The number of ketones is 2. The number of nitrogens with zero attached hydrogens (tertiary/aromatic N) is 3. The molecule has 1 aromatic carbocycles. The molecule has 41 heavy (non-hydrogen) atoms. The van der Waals surface area contributed by atoms with Crippen molar-refractivity contribution in [2.24, 2.45) is 34.2 Å². The number of aliphatic hydroxyl groups is 3. The number of phenols is 1. The number of hydrogen-bond donors (Lipinski definition) is 7. The minimum Gasteiger partial charge on any atom is -0.508 e. The lowest BCUT2D eigenvalue weighted by molar-refractivity contribution is -0.153. The Labute approximate surface area is 237 Å². The number of aliphatic imine (C=N–C) groups is 1. The summed E-state index contributed by atoms with van der Waals surface area (Å²) in [6.07, 6.45) is 0.182. The largest absolute Gasteiger partial charge is 0.508 e. The third kappa shape index (κ3) is 4.58. The van der Waals surface area contributed by atoms with Gasteiger partial charge < -0.3 is 42.1 Å². The fourth-order valence-corrected chi connectivity index (χ4v) is 6.24. The van der Waals surface area contributed by atoms with Crippen molar-refractivity contribution >= 4 is 40.6 Å². The summed E-state index contributed by atoms with van der Waals surface area (Å²) in [6.45, 7) is 4.39. The van der Waals surface area contributed by atoms with Crippen molar-refractivity contribution in [1.82, 2.24) is 4.90 Å². The van der Waals surface area contributed by atoms with Crippen molar-refractivity contribution in [1.29, 1.82) is 0 Å². The number of primary amides is 1. The monoisotopic (exact) mass is 570 g/mol. The van der Waals surface area contributed by atoms with E-state index in [9.17, 15) is 34.8 Å². The molecule has 0 bridgehead atoms. The van der Waals surface area contributed by atoms with E-state index in [0.717, 1.165) is 0 Å². The molecular formula is C28H38N6O7. The first-order valence-electron chi connectivity index (χ1n) is 13.3. The molecule has 9 N–H and O–H groups in total. The molecular weight excluding hydrogens is 532 g/mol. The molecule has 222 valence electrons. The van der Waals surface area contributed by atoms with Gasteiger partial charge in [-0.15, -0.1) is 0 Å². The van der Waals surface area contributed by atoms with Crippen LogP contribution in [0.25, 0.3) is 5.76 Å². The molecule has 4 rings (SSSR count). The highest BCUT2D eigenvalue weighted by molar-refractivity contribution is 6.24. The number of anilines is 2. The number of hydrogen-bond acceptors (Lipinski definition) is 10. The Morgan fingerprint density at radius 1 is 1.17 bits per heavy atom. The van der Waals surface area contributed by atoms with Gasteiger partial charge in [0, 0.05) is 37.8 Å². The highest BCUT2D eigenvalue weighted by Gasteiger charge is 2.64. The van der Waals surface area contributed by atoms with E-state index in [1.165, 1.54) is 4.90 Å². The molecule has 4 atom stereocenters. The predicted octanol–water partition coefficient (Wildman–Crippen LogP) is 0.413. The number of aromatic hydroxyl groups is 1. The summed E-state index contributed by atoms with van der Waals surface area (Å²) in [6, 6.07) is 0.514. The molecule has 0 aromatic heterocycles. The van der Waals surface area contributed by atoms with Gasteiger partial charge in [0.25, 0.3) is 5.91 Å². The Kier molecular flexibility index (Phi) is 7.56. The topological polar surface area (TPSA) is 215 Å². The van der Waals surface area contributed by atoms with Crippen LogP contribution in [-0.2, 0) is 20.8 Å². The molecule has 0 spiro atoms. The Bertz CT molecular complexity index is 1430. The summed E-state index contributed by atoms with van der Waals surface area (Å²) in [5, 5.41) is 48.5. The van der Waals surface area contributed by atoms with Crippen molar-refractivity contribution in [2.75, 3.05) is 45.0 Å². The number of aliphatic hydroxyl groups excluding tert-OH is 2. The molecule has 1 saturated carbocycles. The zero-order chi connectivity index (χ0) is 30.7. The number of fused-ring (bicyclic) bond motifs is 3. The van der Waals surface area contributed by atoms with Crippen molar-refractivity contribution in [2.45, 2.75) is 38.3 Å². The molecule has 1 amide bonds. The zero-order valence-corrected chi connectivity index (χ0v) is 24.0. The first kappa shape index (κ1) is 29.9. The van der Waals surface area contributed by atoms with E-state index in [1.807, 2.05) is 13.8 Å². The normalized spacial score (nSPS) is 26.3. The van der Waals surface area contributed by atoms with E-state index in [0.29, 0.717) is 17.8 Å². The fourth-order valence-electron chi connectivity index (χ4n) is 6.24. The number of phenolic OH excluding ortho intramolecular Hbond substituents is 1. The van der Waals surface area contributed by atoms with Gasteiger partial charge >= 0.3 is 0 Å². The summed E-state index contributed by atoms with van der Waals surface area (Å²) in [7, 11) is 6.67. The zero-order valence-electron chi connectivity index (χ0n) is 24.0. The highest BCUT2D eigenvalue weighted by atomic mass is 16.3. The second kappa shape index (κ2) is 10.4. The van der Waals surface area contributed by atoms with Gasteiger partial charge in [-0.3, -0.25) is 24.3 Å². The maximum atomic E-state index is 14.0. The number of likely N-dealkylation sites (N-methyl/N-ethyl adjacent to an activating group) is 1. The van der Waals surface area contributed by atoms with Gasteiger partial charge in [0.05, 0.1) is 17.3 Å². The molecule has 0 saturated heterocycles. The Morgan fingerprint density at radius 2 is 1.80 bits per heavy atom. The van der Waals surface area contributed by atoms with Crippen molar-refractivity contribution in [3.8, 4) is 5.75 Å². The number of carbonyl (C=O) groups is 3. The SMILES string of the molecule is CC(C)CN=C(N)Nc1cc(N(C)C)c2c(c1O)C(O)=C1C(=O)C3(O)C(O)=C(C(N)=O)C(=O)C(N(C)C)C3CC1C2. The smallest absolute Gasteiger partial charge is 0.255 e. The number of carbonyl (C=O) groups excluding carboxylic acids is 3. The van der Waals surface area contributed by atoms with Crippen LogP contribution in [0.1, 0.15) is 31.4 Å². The van der Waals surface area contributed by atoms with Crippen molar-refractivity contribution in [3.63, 3.8) is 0 Å². The van der Waals surface area contributed by atoms with E-state index in [4.69, 9.17) is 11.5 Å². The van der Waals surface area contributed by atoms with E-state index < -0.39 is 58.0 Å². The van der Waals surface area contributed by atoms with Crippen LogP contribution in [0.15, 0.2) is 28.0 Å². The summed E-state index contributed by atoms with van der Waals surface area (Å²) < 4.78 is 0. The summed E-state index contributed by atoms with van der Waals surface area (Å²) >= 11 is 0. The van der Waals surface area contributed by atoms with E-state index in [2.05, 4.69) is 10.3 Å². The number of nitrogens with one attached hydrogen (secondary N) is 1. The number of benzene rings is 1. The second-order valence-corrected chi connectivity index (χ2v) is 11.7. The van der Waals surface area contributed by atoms with E-state index in [1.54, 1.807) is 39.2 Å². The summed E-state index contributed by atoms with van der Waals surface area (Å²) in [5.74, 6) is -6.78.